The number of aryl methyl sites for hydroxylation is 2. The van der Waals surface area contributed by atoms with Gasteiger partial charge in [0.1, 0.15) is 29.1 Å². The molecule has 1 aliphatic heterocycles. The van der Waals surface area contributed by atoms with Gasteiger partial charge >= 0.3 is 0 Å². The van der Waals surface area contributed by atoms with Gasteiger partial charge in [0.05, 0.1) is 25.0 Å². The van der Waals surface area contributed by atoms with Crippen molar-refractivity contribution in [1.82, 2.24) is 24.9 Å². The first kappa shape index (κ1) is 19.2. The van der Waals surface area contributed by atoms with E-state index in [1.54, 1.807) is 13.3 Å². The molecule has 0 aromatic carbocycles. The van der Waals surface area contributed by atoms with Crippen molar-refractivity contribution in [2.45, 2.75) is 51.2 Å². The molecule has 1 saturated carbocycles. The van der Waals surface area contributed by atoms with Gasteiger partial charge in [0.15, 0.2) is 5.65 Å². The molecule has 5 rings (SSSR count). The van der Waals surface area contributed by atoms with Crippen LogP contribution in [0, 0.1) is 13.8 Å². The number of nitrogens with zero attached hydrogens (tertiary/aromatic N) is 4. The van der Waals surface area contributed by atoms with E-state index >= 15 is 0 Å². The van der Waals surface area contributed by atoms with E-state index in [1.165, 1.54) is 0 Å². The minimum Gasteiger partial charge on any atom is -0.495 e. The average molecular weight is 410 g/mol. The number of ether oxygens (including phenoxy) is 1. The molecule has 0 unspecified atom stereocenters. The van der Waals surface area contributed by atoms with Crippen LogP contribution in [-0.4, -0.2) is 52.0 Å². The second-order valence-corrected chi connectivity index (χ2v) is 8.36. The Morgan fingerprint density at radius 3 is 2.77 bits per heavy atom. The van der Waals surface area contributed by atoms with Crippen LogP contribution in [0.4, 0.5) is 10.2 Å². The monoisotopic (exact) mass is 410 g/mol. The molecule has 1 aliphatic carbocycles. The summed E-state index contributed by atoms with van der Waals surface area (Å²) in [5.41, 5.74) is 5.35. The quantitative estimate of drug-likeness (QED) is 0.671. The van der Waals surface area contributed by atoms with Crippen molar-refractivity contribution in [3.8, 4) is 17.1 Å². The third-order valence-corrected chi connectivity index (χ3v) is 6.03. The third-order valence-electron chi connectivity index (χ3n) is 6.03. The smallest absolute Gasteiger partial charge is 0.157 e. The maximum absolute atomic E-state index is 14.4. The van der Waals surface area contributed by atoms with Gasteiger partial charge in [0, 0.05) is 18.5 Å². The van der Waals surface area contributed by atoms with E-state index in [1.807, 2.05) is 24.4 Å². The van der Waals surface area contributed by atoms with E-state index in [9.17, 15) is 4.39 Å². The number of alkyl halides is 1. The normalized spacial score (nSPS) is 21.7. The van der Waals surface area contributed by atoms with Crippen molar-refractivity contribution in [2.24, 2.45) is 0 Å². The number of methoxy groups -OCH3 is 1. The van der Waals surface area contributed by atoms with Gasteiger partial charge in [-0.25, -0.2) is 18.9 Å². The molecule has 2 aliphatic rings. The van der Waals surface area contributed by atoms with Crippen LogP contribution in [0.2, 0.25) is 0 Å². The second kappa shape index (κ2) is 7.50. The van der Waals surface area contributed by atoms with Crippen molar-refractivity contribution < 1.29 is 9.13 Å². The number of piperidine rings is 1. The number of aromatic nitrogens is 4. The molecule has 30 heavy (non-hydrogen) atoms. The van der Waals surface area contributed by atoms with Crippen LogP contribution in [0.1, 0.15) is 42.0 Å². The Morgan fingerprint density at radius 2 is 2.03 bits per heavy atom. The van der Waals surface area contributed by atoms with Gasteiger partial charge in [-0.3, -0.25) is 0 Å². The lowest BCUT2D eigenvalue weighted by molar-refractivity contribution is 0.241. The first-order valence-corrected chi connectivity index (χ1v) is 10.6. The van der Waals surface area contributed by atoms with Crippen LogP contribution in [0.25, 0.3) is 17.0 Å². The van der Waals surface area contributed by atoms with Crippen LogP contribution in [0.5, 0.6) is 5.75 Å². The van der Waals surface area contributed by atoms with Gasteiger partial charge < -0.3 is 15.4 Å². The Morgan fingerprint density at radius 1 is 1.20 bits per heavy atom. The number of hydrogen-bond donors (Lipinski definition) is 2. The average Bonchev–Trinajstić information content (AvgIpc) is 3.51. The molecule has 3 aromatic rings. The fraction of sp³-hybridized carbons (Fsp3) is 0.500. The largest absolute Gasteiger partial charge is 0.495 e. The summed E-state index contributed by atoms with van der Waals surface area (Å²) in [4.78, 5) is 9.42. The molecule has 0 spiro atoms. The van der Waals surface area contributed by atoms with Crippen molar-refractivity contribution in [3.05, 3.63) is 35.2 Å². The lowest BCUT2D eigenvalue weighted by Gasteiger charge is -2.28. The van der Waals surface area contributed by atoms with Gasteiger partial charge in [-0.05, 0) is 50.8 Å². The maximum Gasteiger partial charge on any atom is 0.157 e. The summed E-state index contributed by atoms with van der Waals surface area (Å²) in [7, 11) is 1.67. The SMILES string of the molecule is COc1cc2ncc(-c3nc(N[C@H]4CNCC[C@@H]4F)c(C)cc3C)n2nc1C1CC1. The minimum atomic E-state index is -0.886. The van der Waals surface area contributed by atoms with E-state index in [0.29, 0.717) is 31.2 Å². The molecule has 0 bridgehead atoms. The number of halogens is 1. The lowest BCUT2D eigenvalue weighted by atomic mass is 10.0. The minimum absolute atomic E-state index is 0.286. The summed E-state index contributed by atoms with van der Waals surface area (Å²) < 4.78 is 21.7. The van der Waals surface area contributed by atoms with Crippen molar-refractivity contribution >= 4 is 11.5 Å². The fourth-order valence-corrected chi connectivity index (χ4v) is 4.18. The van der Waals surface area contributed by atoms with Crippen LogP contribution >= 0.6 is 0 Å². The number of hydrogen-bond acceptors (Lipinski definition) is 6. The molecule has 7 nitrogen and oxygen atoms in total. The van der Waals surface area contributed by atoms with E-state index < -0.39 is 6.17 Å². The van der Waals surface area contributed by atoms with Crippen LogP contribution in [0.3, 0.4) is 0 Å². The summed E-state index contributed by atoms with van der Waals surface area (Å²) in [6.07, 6.45) is 3.69. The Balaban J connectivity index is 1.56. The second-order valence-electron chi connectivity index (χ2n) is 8.36. The summed E-state index contributed by atoms with van der Waals surface area (Å²) in [6, 6.07) is 3.74. The van der Waals surface area contributed by atoms with Gasteiger partial charge in [-0.2, -0.15) is 5.10 Å². The molecule has 8 heteroatoms. The Bertz CT molecular complexity index is 1090. The lowest BCUT2D eigenvalue weighted by Crippen LogP contribution is -2.46. The number of pyridine rings is 1. The maximum atomic E-state index is 14.4. The number of nitrogens with one attached hydrogen (secondary N) is 2. The number of imidazole rings is 1. The number of anilines is 1. The zero-order valence-electron chi connectivity index (χ0n) is 17.6. The van der Waals surface area contributed by atoms with Gasteiger partial charge in [0.25, 0.3) is 0 Å². The highest BCUT2D eigenvalue weighted by molar-refractivity contribution is 5.67. The summed E-state index contributed by atoms with van der Waals surface area (Å²) in [6.45, 7) is 5.33. The highest BCUT2D eigenvalue weighted by Gasteiger charge is 2.30. The molecule has 2 N–H and O–H groups in total. The zero-order chi connectivity index (χ0) is 20.8. The molecule has 2 atom stereocenters. The zero-order valence-corrected chi connectivity index (χ0v) is 17.6. The standard InChI is InChI=1S/C22H27FN6O/c1-12-8-13(2)22(26-16-10-24-7-6-15(16)23)27-20(12)17-11-25-19-9-18(30-3)21(14-4-5-14)28-29(17)19/h8-9,11,14-16,24H,4-7,10H2,1-3H3,(H,26,27)/t15-,16-/m0/s1. The molecule has 1 saturated heterocycles. The van der Waals surface area contributed by atoms with Crippen molar-refractivity contribution in [1.29, 1.82) is 0 Å². The summed E-state index contributed by atoms with van der Waals surface area (Å²) in [5.74, 6) is 1.94. The van der Waals surface area contributed by atoms with Crippen LogP contribution in [0.15, 0.2) is 18.3 Å². The van der Waals surface area contributed by atoms with Crippen molar-refractivity contribution in [2.75, 3.05) is 25.5 Å². The predicted octanol–water partition coefficient (Wildman–Crippen LogP) is 3.41. The van der Waals surface area contributed by atoms with Crippen molar-refractivity contribution in [3.63, 3.8) is 0 Å². The molecule has 4 heterocycles. The first-order chi connectivity index (χ1) is 14.5. The Labute approximate surface area is 175 Å². The van der Waals surface area contributed by atoms with Gasteiger partial charge in [-0.15, -0.1) is 0 Å². The fourth-order valence-electron chi connectivity index (χ4n) is 4.18. The summed E-state index contributed by atoms with van der Waals surface area (Å²) in [5, 5.41) is 11.4. The molecule has 158 valence electrons. The third kappa shape index (κ3) is 3.39. The Hall–Kier alpha value is -2.74. The molecule has 2 fully saturated rings. The summed E-state index contributed by atoms with van der Waals surface area (Å²) >= 11 is 0. The highest BCUT2D eigenvalue weighted by atomic mass is 19.1. The van der Waals surface area contributed by atoms with Crippen LogP contribution in [-0.2, 0) is 0 Å². The highest BCUT2D eigenvalue weighted by Crippen LogP contribution is 2.43. The van der Waals surface area contributed by atoms with E-state index in [0.717, 1.165) is 52.4 Å². The molecular weight excluding hydrogens is 383 g/mol. The molecular formula is C22H27FN6O. The predicted molar refractivity (Wildman–Crippen MR) is 114 cm³/mol. The van der Waals surface area contributed by atoms with E-state index in [-0.39, 0.29) is 6.04 Å². The van der Waals surface area contributed by atoms with Gasteiger partial charge in [-0.1, -0.05) is 6.07 Å². The Kier molecular flexibility index (Phi) is 4.81. The molecule has 0 amide bonds. The van der Waals surface area contributed by atoms with E-state index in [2.05, 4.69) is 21.7 Å². The van der Waals surface area contributed by atoms with Gasteiger partial charge in [0.2, 0.25) is 0 Å². The number of fused-ring (bicyclic) bond motifs is 1. The van der Waals surface area contributed by atoms with Crippen LogP contribution < -0.4 is 15.4 Å². The topological polar surface area (TPSA) is 76.4 Å². The first-order valence-electron chi connectivity index (χ1n) is 10.6. The molecule has 0 radical (unpaired) electrons. The molecule has 3 aromatic heterocycles. The van der Waals surface area contributed by atoms with E-state index in [4.69, 9.17) is 14.8 Å². The number of rotatable bonds is 5.